The van der Waals surface area contributed by atoms with E-state index in [1.165, 1.54) is 0 Å². The quantitative estimate of drug-likeness (QED) is 0.871. The second-order valence-electron chi connectivity index (χ2n) is 5.85. The van der Waals surface area contributed by atoms with Crippen LogP contribution in [0, 0.1) is 0 Å². The molecule has 0 bridgehead atoms. The maximum Gasteiger partial charge on any atom is 0.222 e. The van der Waals surface area contributed by atoms with Gasteiger partial charge in [-0.1, -0.05) is 13.3 Å². The van der Waals surface area contributed by atoms with Crippen LogP contribution in [0.15, 0.2) is 12.3 Å². The van der Waals surface area contributed by atoms with E-state index >= 15 is 0 Å². The Morgan fingerprint density at radius 3 is 2.91 bits per heavy atom. The normalized spacial score (nSPS) is 17.2. The van der Waals surface area contributed by atoms with Crippen LogP contribution in [0.4, 0.5) is 0 Å². The summed E-state index contributed by atoms with van der Waals surface area (Å²) in [5.41, 5.74) is 1.00. The molecule has 1 aliphatic heterocycles. The molecule has 0 spiro atoms. The van der Waals surface area contributed by atoms with E-state index in [4.69, 9.17) is 0 Å². The van der Waals surface area contributed by atoms with E-state index in [0.717, 1.165) is 37.9 Å². The highest BCUT2D eigenvalue weighted by Gasteiger charge is 2.19. The first-order valence-corrected chi connectivity index (χ1v) is 8.17. The van der Waals surface area contributed by atoms with Crippen molar-refractivity contribution in [2.75, 3.05) is 13.1 Å². The maximum atomic E-state index is 12.2. The lowest BCUT2D eigenvalue weighted by Gasteiger charge is -2.21. The van der Waals surface area contributed by atoms with E-state index in [2.05, 4.69) is 10.4 Å². The number of carbonyl (C=O) groups excluding carboxylic acids is 2. The molecule has 6 heteroatoms. The van der Waals surface area contributed by atoms with Crippen molar-refractivity contribution in [3.8, 4) is 0 Å². The fourth-order valence-corrected chi connectivity index (χ4v) is 2.89. The lowest BCUT2D eigenvalue weighted by molar-refractivity contribution is -0.131. The molecule has 0 saturated carbocycles. The average Bonchev–Trinajstić information content (AvgIpc) is 2.81. The summed E-state index contributed by atoms with van der Waals surface area (Å²) in [6, 6.07) is 1.90. The van der Waals surface area contributed by atoms with Crippen molar-refractivity contribution < 1.29 is 9.59 Å². The van der Waals surface area contributed by atoms with E-state index in [1.54, 1.807) is 10.9 Å². The molecule has 1 saturated heterocycles. The van der Waals surface area contributed by atoms with Gasteiger partial charge in [0.1, 0.15) is 0 Å². The Balaban J connectivity index is 1.84. The van der Waals surface area contributed by atoms with Gasteiger partial charge >= 0.3 is 0 Å². The van der Waals surface area contributed by atoms with Gasteiger partial charge in [-0.25, -0.2) is 0 Å². The monoisotopic (exact) mass is 306 g/mol. The van der Waals surface area contributed by atoms with Crippen LogP contribution in [-0.2, 0) is 16.6 Å². The Labute approximate surface area is 131 Å². The number of nitrogens with one attached hydrogen (secondary N) is 1. The van der Waals surface area contributed by atoms with Gasteiger partial charge < -0.3 is 10.2 Å². The Morgan fingerprint density at radius 2 is 2.23 bits per heavy atom. The fraction of sp³-hybridized carbons (Fsp3) is 0.688. The minimum atomic E-state index is -0.0279. The summed E-state index contributed by atoms with van der Waals surface area (Å²) in [7, 11) is 1.88. The number of aromatic nitrogens is 2. The highest BCUT2D eigenvalue weighted by Crippen LogP contribution is 2.16. The van der Waals surface area contributed by atoms with E-state index in [9.17, 15) is 9.59 Å². The molecule has 1 aromatic rings. The van der Waals surface area contributed by atoms with E-state index < -0.39 is 0 Å². The number of carbonyl (C=O) groups is 2. The van der Waals surface area contributed by atoms with Crippen molar-refractivity contribution in [2.45, 2.75) is 51.5 Å². The van der Waals surface area contributed by atoms with Gasteiger partial charge in [0.2, 0.25) is 11.8 Å². The third-order valence-electron chi connectivity index (χ3n) is 4.24. The number of amides is 2. The summed E-state index contributed by atoms with van der Waals surface area (Å²) in [6.07, 6.45) is 6.65. The standard InChI is InChI=1S/C16H26N4O2/c1-3-13(14-8-10-17-19(14)2)18-15(21)9-12-20-11-6-4-5-7-16(20)22/h8,10,13H,3-7,9,11-12H2,1-2H3,(H,18,21). The molecule has 122 valence electrons. The van der Waals surface area contributed by atoms with Gasteiger partial charge in [-0.2, -0.15) is 5.10 Å². The molecule has 2 heterocycles. The second kappa shape index (κ2) is 7.96. The van der Waals surface area contributed by atoms with Crippen molar-refractivity contribution in [3.05, 3.63) is 18.0 Å². The largest absolute Gasteiger partial charge is 0.348 e. The van der Waals surface area contributed by atoms with Gasteiger partial charge in [0.25, 0.3) is 0 Å². The van der Waals surface area contributed by atoms with Crippen molar-refractivity contribution in [1.82, 2.24) is 20.0 Å². The summed E-state index contributed by atoms with van der Waals surface area (Å²) < 4.78 is 1.78. The Hall–Kier alpha value is -1.85. The molecular weight excluding hydrogens is 280 g/mol. The van der Waals surface area contributed by atoms with Gasteiger partial charge in [-0.3, -0.25) is 14.3 Å². The fourth-order valence-electron chi connectivity index (χ4n) is 2.89. The molecule has 2 amide bonds. The first kappa shape index (κ1) is 16.5. The van der Waals surface area contributed by atoms with Crippen LogP contribution in [0.2, 0.25) is 0 Å². The Kier molecular flexibility index (Phi) is 5.98. The van der Waals surface area contributed by atoms with Crippen LogP contribution >= 0.6 is 0 Å². The zero-order valence-electron chi connectivity index (χ0n) is 13.5. The molecule has 0 radical (unpaired) electrons. The zero-order chi connectivity index (χ0) is 15.9. The average molecular weight is 306 g/mol. The lowest BCUT2D eigenvalue weighted by atomic mass is 10.1. The predicted molar refractivity (Wildman–Crippen MR) is 84.0 cm³/mol. The molecule has 0 aliphatic carbocycles. The van der Waals surface area contributed by atoms with E-state index in [0.29, 0.717) is 19.4 Å². The topological polar surface area (TPSA) is 67.2 Å². The van der Waals surface area contributed by atoms with Crippen LogP contribution in [0.25, 0.3) is 0 Å². The molecular formula is C16H26N4O2. The number of nitrogens with zero attached hydrogens (tertiary/aromatic N) is 3. The predicted octanol–water partition coefficient (Wildman–Crippen LogP) is 1.78. The third-order valence-corrected chi connectivity index (χ3v) is 4.24. The number of hydrogen-bond donors (Lipinski definition) is 1. The molecule has 1 aromatic heterocycles. The molecule has 1 aliphatic rings. The first-order valence-electron chi connectivity index (χ1n) is 8.17. The molecule has 1 fully saturated rings. The number of likely N-dealkylation sites (tertiary alicyclic amines) is 1. The molecule has 1 unspecified atom stereocenters. The summed E-state index contributed by atoms with van der Waals surface area (Å²) >= 11 is 0. The third kappa shape index (κ3) is 4.32. The number of aryl methyl sites for hydroxylation is 1. The first-order chi connectivity index (χ1) is 10.6. The molecule has 1 N–H and O–H groups in total. The molecule has 6 nitrogen and oxygen atoms in total. The van der Waals surface area contributed by atoms with Crippen molar-refractivity contribution >= 4 is 11.8 Å². The lowest BCUT2D eigenvalue weighted by Crippen LogP contribution is -2.36. The van der Waals surface area contributed by atoms with Gasteiger partial charge in [0, 0.05) is 39.2 Å². The number of hydrogen-bond acceptors (Lipinski definition) is 3. The van der Waals surface area contributed by atoms with Crippen LogP contribution in [0.3, 0.4) is 0 Å². The Bertz CT molecular complexity index is 512. The van der Waals surface area contributed by atoms with Crippen LogP contribution < -0.4 is 5.32 Å². The number of rotatable bonds is 6. The van der Waals surface area contributed by atoms with Gasteiger partial charge in [-0.05, 0) is 25.3 Å². The van der Waals surface area contributed by atoms with Gasteiger partial charge in [-0.15, -0.1) is 0 Å². The van der Waals surface area contributed by atoms with Crippen molar-refractivity contribution in [3.63, 3.8) is 0 Å². The van der Waals surface area contributed by atoms with E-state index in [1.807, 2.05) is 24.9 Å². The SMILES string of the molecule is CCC(NC(=O)CCN1CCCCCC1=O)c1ccnn1C. The van der Waals surface area contributed by atoms with E-state index in [-0.39, 0.29) is 17.9 Å². The van der Waals surface area contributed by atoms with Crippen LogP contribution in [0.1, 0.15) is 57.2 Å². The molecule has 1 atom stereocenters. The molecule has 22 heavy (non-hydrogen) atoms. The van der Waals surface area contributed by atoms with Gasteiger partial charge in [0.05, 0.1) is 11.7 Å². The van der Waals surface area contributed by atoms with Crippen molar-refractivity contribution in [1.29, 1.82) is 0 Å². The second-order valence-corrected chi connectivity index (χ2v) is 5.85. The van der Waals surface area contributed by atoms with Crippen LogP contribution in [-0.4, -0.2) is 39.6 Å². The Morgan fingerprint density at radius 1 is 1.41 bits per heavy atom. The minimum absolute atomic E-state index is 0.00917. The molecule has 2 rings (SSSR count). The highest BCUT2D eigenvalue weighted by molar-refractivity contribution is 5.79. The maximum absolute atomic E-state index is 12.2. The summed E-state index contributed by atoms with van der Waals surface area (Å²) in [5.74, 6) is 0.175. The minimum Gasteiger partial charge on any atom is -0.348 e. The summed E-state index contributed by atoms with van der Waals surface area (Å²) in [6.45, 7) is 3.34. The zero-order valence-corrected chi connectivity index (χ0v) is 13.5. The summed E-state index contributed by atoms with van der Waals surface area (Å²) in [4.78, 5) is 25.9. The van der Waals surface area contributed by atoms with Crippen molar-refractivity contribution in [2.24, 2.45) is 7.05 Å². The van der Waals surface area contributed by atoms with Crippen LogP contribution in [0.5, 0.6) is 0 Å². The summed E-state index contributed by atoms with van der Waals surface area (Å²) in [5, 5.41) is 7.19. The highest BCUT2D eigenvalue weighted by atomic mass is 16.2. The smallest absolute Gasteiger partial charge is 0.222 e. The molecule has 0 aromatic carbocycles. The van der Waals surface area contributed by atoms with Gasteiger partial charge in [0.15, 0.2) is 0 Å².